The molecule has 7 nitrogen and oxygen atoms in total. The van der Waals surface area contributed by atoms with Crippen molar-refractivity contribution in [3.63, 3.8) is 0 Å². The van der Waals surface area contributed by atoms with E-state index in [2.05, 4.69) is 24.9 Å². The molecule has 1 atom stereocenters. The van der Waals surface area contributed by atoms with Crippen LogP contribution >= 0.6 is 0 Å². The highest BCUT2D eigenvalue weighted by atomic mass is 32.2. The first-order valence-corrected chi connectivity index (χ1v) is 7.46. The highest BCUT2D eigenvalue weighted by Gasteiger charge is 2.17. The van der Waals surface area contributed by atoms with Crippen molar-refractivity contribution in [2.45, 2.75) is 19.4 Å². The fourth-order valence-electron chi connectivity index (χ4n) is 1.61. The molecule has 0 aliphatic heterocycles. The van der Waals surface area contributed by atoms with Gasteiger partial charge in [0, 0.05) is 12.4 Å². The predicted octanol–water partition coefficient (Wildman–Crippen LogP) is 0.423. The molecule has 0 aliphatic carbocycles. The third-order valence-electron chi connectivity index (χ3n) is 2.61. The predicted molar refractivity (Wildman–Crippen MR) is 69.7 cm³/mol. The number of aromatic amines is 1. The number of pyridine rings is 1. The van der Waals surface area contributed by atoms with Crippen LogP contribution in [-0.4, -0.2) is 34.3 Å². The van der Waals surface area contributed by atoms with Gasteiger partial charge in [0.05, 0.1) is 11.8 Å². The van der Waals surface area contributed by atoms with Crippen molar-refractivity contribution in [3.8, 4) is 0 Å². The highest BCUT2D eigenvalue weighted by Crippen LogP contribution is 2.07. The molecule has 0 aliphatic rings. The molecule has 8 heteroatoms. The molecule has 0 bridgehead atoms. The number of hydrogen-bond donors (Lipinski definition) is 2. The van der Waals surface area contributed by atoms with E-state index in [9.17, 15) is 8.42 Å². The summed E-state index contributed by atoms with van der Waals surface area (Å²) in [4.78, 5) is 7.80. The number of aryl methyl sites for hydroxylation is 1. The zero-order valence-electron chi connectivity index (χ0n) is 10.4. The lowest BCUT2D eigenvalue weighted by molar-refractivity contribution is 0.559. The van der Waals surface area contributed by atoms with Gasteiger partial charge in [0.25, 0.3) is 0 Å². The number of nitrogens with one attached hydrogen (secondary N) is 2. The molecular weight excluding hydrogens is 266 g/mol. The van der Waals surface area contributed by atoms with Crippen molar-refractivity contribution in [1.82, 2.24) is 24.9 Å². The molecule has 0 radical (unpaired) electrons. The molecule has 2 aromatic heterocycles. The van der Waals surface area contributed by atoms with Crippen LogP contribution in [0.5, 0.6) is 0 Å². The van der Waals surface area contributed by atoms with Gasteiger partial charge in [-0.2, -0.15) is 5.10 Å². The largest absolute Gasteiger partial charge is 0.265 e. The average Bonchev–Trinajstić information content (AvgIpc) is 2.91. The van der Waals surface area contributed by atoms with E-state index >= 15 is 0 Å². The summed E-state index contributed by atoms with van der Waals surface area (Å²) in [5.41, 5.74) is 0.938. The third-order valence-corrected chi connectivity index (χ3v) is 4.06. The van der Waals surface area contributed by atoms with Crippen LogP contribution in [0.3, 0.4) is 0 Å². The van der Waals surface area contributed by atoms with Gasteiger partial charge in [0.1, 0.15) is 12.2 Å². The van der Waals surface area contributed by atoms with E-state index < -0.39 is 16.1 Å². The Morgan fingerprint density at radius 1 is 1.37 bits per heavy atom. The van der Waals surface area contributed by atoms with Crippen molar-refractivity contribution in [3.05, 3.63) is 42.2 Å². The van der Waals surface area contributed by atoms with E-state index in [0.717, 1.165) is 5.56 Å². The van der Waals surface area contributed by atoms with Crippen LogP contribution in [0.1, 0.15) is 24.4 Å². The molecule has 19 heavy (non-hydrogen) atoms. The van der Waals surface area contributed by atoms with Crippen LogP contribution in [0.15, 0.2) is 30.9 Å². The first-order valence-electron chi connectivity index (χ1n) is 5.81. The van der Waals surface area contributed by atoms with Crippen molar-refractivity contribution in [2.24, 2.45) is 0 Å². The molecule has 0 amide bonds. The van der Waals surface area contributed by atoms with Crippen LogP contribution in [0.2, 0.25) is 0 Å². The Hall–Kier alpha value is -1.80. The minimum absolute atomic E-state index is 0.0233. The Morgan fingerprint density at radius 3 is 2.74 bits per heavy atom. The van der Waals surface area contributed by atoms with Crippen LogP contribution < -0.4 is 4.72 Å². The molecule has 1 unspecified atom stereocenters. The first kappa shape index (κ1) is 13.6. The molecule has 2 aromatic rings. The standard InChI is InChI=1S/C11H15N5O2S/c1-9(11-13-8-14-15-11)16-19(17,18)7-4-10-2-5-12-6-3-10/h2-3,5-6,8-9,16H,4,7H2,1H3,(H,13,14,15). The summed E-state index contributed by atoms with van der Waals surface area (Å²) < 4.78 is 26.4. The van der Waals surface area contributed by atoms with E-state index in [1.165, 1.54) is 6.33 Å². The Labute approximate surface area is 111 Å². The number of H-pyrrole nitrogens is 1. The fourth-order valence-corrected chi connectivity index (χ4v) is 2.88. The summed E-state index contributed by atoms with van der Waals surface area (Å²) in [5.74, 6) is 0.516. The van der Waals surface area contributed by atoms with Gasteiger partial charge in [-0.25, -0.2) is 18.1 Å². The van der Waals surface area contributed by atoms with Crippen molar-refractivity contribution in [1.29, 1.82) is 0 Å². The van der Waals surface area contributed by atoms with Gasteiger partial charge in [-0.05, 0) is 31.0 Å². The molecule has 0 saturated heterocycles. The lowest BCUT2D eigenvalue weighted by atomic mass is 10.2. The Morgan fingerprint density at radius 2 is 2.11 bits per heavy atom. The Bertz CT molecular complexity index is 597. The minimum atomic E-state index is -3.36. The minimum Gasteiger partial charge on any atom is -0.265 e. The van der Waals surface area contributed by atoms with Gasteiger partial charge in [0.15, 0.2) is 0 Å². The maximum absolute atomic E-state index is 11.9. The monoisotopic (exact) mass is 281 g/mol. The van der Waals surface area contributed by atoms with E-state index in [1.807, 2.05) is 0 Å². The number of aromatic nitrogens is 4. The molecule has 2 rings (SSSR count). The van der Waals surface area contributed by atoms with E-state index in [4.69, 9.17) is 0 Å². The summed E-state index contributed by atoms with van der Waals surface area (Å²) in [5, 5.41) is 6.33. The molecule has 0 fully saturated rings. The first-order chi connectivity index (χ1) is 9.07. The van der Waals surface area contributed by atoms with Gasteiger partial charge in [-0.3, -0.25) is 10.1 Å². The van der Waals surface area contributed by atoms with Gasteiger partial charge in [0.2, 0.25) is 10.0 Å². The molecule has 0 spiro atoms. The van der Waals surface area contributed by atoms with Crippen LogP contribution in [-0.2, 0) is 16.4 Å². The summed E-state index contributed by atoms with van der Waals surface area (Å²) in [6.45, 7) is 1.71. The van der Waals surface area contributed by atoms with E-state index in [-0.39, 0.29) is 5.75 Å². The van der Waals surface area contributed by atoms with E-state index in [1.54, 1.807) is 31.5 Å². The van der Waals surface area contributed by atoms with Crippen molar-refractivity contribution < 1.29 is 8.42 Å². The molecule has 0 saturated carbocycles. The fraction of sp³-hybridized carbons (Fsp3) is 0.364. The number of rotatable bonds is 6. The zero-order valence-corrected chi connectivity index (χ0v) is 11.3. The lowest BCUT2D eigenvalue weighted by Crippen LogP contribution is -2.30. The van der Waals surface area contributed by atoms with E-state index in [0.29, 0.717) is 12.2 Å². The second-order valence-corrected chi connectivity index (χ2v) is 6.01. The SMILES string of the molecule is CC(NS(=O)(=O)CCc1ccncc1)c1ncn[nH]1. The van der Waals surface area contributed by atoms with Gasteiger partial charge in [-0.15, -0.1) is 0 Å². The molecule has 2 N–H and O–H groups in total. The zero-order chi connectivity index (χ0) is 13.7. The second kappa shape index (κ2) is 5.89. The average molecular weight is 281 g/mol. The number of hydrogen-bond acceptors (Lipinski definition) is 5. The normalized spacial score (nSPS) is 13.3. The molecule has 0 aromatic carbocycles. The summed E-state index contributed by atoms with van der Waals surface area (Å²) in [6, 6.07) is 3.18. The molecule has 2 heterocycles. The summed E-state index contributed by atoms with van der Waals surface area (Å²) in [6.07, 6.45) is 5.08. The molecule has 102 valence electrons. The molecular formula is C11H15N5O2S. The highest BCUT2D eigenvalue weighted by molar-refractivity contribution is 7.89. The quantitative estimate of drug-likeness (QED) is 0.799. The second-order valence-electron chi connectivity index (χ2n) is 4.13. The Balaban J connectivity index is 1.92. The van der Waals surface area contributed by atoms with Gasteiger partial charge >= 0.3 is 0 Å². The van der Waals surface area contributed by atoms with Crippen LogP contribution in [0, 0.1) is 0 Å². The van der Waals surface area contributed by atoms with Gasteiger partial charge < -0.3 is 0 Å². The van der Waals surface area contributed by atoms with Crippen LogP contribution in [0.25, 0.3) is 0 Å². The number of nitrogens with zero attached hydrogens (tertiary/aromatic N) is 3. The topological polar surface area (TPSA) is 101 Å². The Kier molecular flexibility index (Phi) is 4.23. The maximum atomic E-state index is 11.9. The summed E-state index contributed by atoms with van der Waals surface area (Å²) >= 11 is 0. The third kappa shape index (κ3) is 4.11. The summed E-state index contributed by atoms with van der Waals surface area (Å²) in [7, 11) is -3.36. The number of sulfonamides is 1. The van der Waals surface area contributed by atoms with Crippen molar-refractivity contribution >= 4 is 10.0 Å². The smallest absolute Gasteiger partial charge is 0.212 e. The van der Waals surface area contributed by atoms with Gasteiger partial charge in [-0.1, -0.05) is 0 Å². The van der Waals surface area contributed by atoms with Crippen LogP contribution in [0.4, 0.5) is 0 Å². The maximum Gasteiger partial charge on any atom is 0.212 e. The van der Waals surface area contributed by atoms with Crippen molar-refractivity contribution in [2.75, 3.05) is 5.75 Å². The lowest BCUT2D eigenvalue weighted by Gasteiger charge is -2.11.